The number of nitrogens with one attached hydrogen (secondary N) is 2. The molecule has 0 spiro atoms. The standard InChI is InChI=1S/C14H12FN5O2S/c1-7-6-17-13(22-7)20-12(21)10-11(16)19-14(23-10)18-9-4-2-8(15)3-5-9/h2-6H,16H2,1H3,(H,18,19)(H,17,20,21). The fourth-order valence-corrected chi connectivity index (χ4v) is 2.57. The zero-order valence-corrected chi connectivity index (χ0v) is 12.8. The summed E-state index contributed by atoms with van der Waals surface area (Å²) in [6.07, 6.45) is 1.49. The third-order valence-corrected chi connectivity index (χ3v) is 3.78. The van der Waals surface area contributed by atoms with E-state index in [1.54, 1.807) is 19.1 Å². The zero-order chi connectivity index (χ0) is 16.4. The van der Waals surface area contributed by atoms with Gasteiger partial charge in [0.1, 0.15) is 22.3 Å². The van der Waals surface area contributed by atoms with Crippen LogP contribution in [0.3, 0.4) is 0 Å². The van der Waals surface area contributed by atoms with Crippen molar-refractivity contribution in [2.24, 2.45) is 0 Å². The Balaban J connectivity index is 1.74. The molecule has 0 saturated carbocycles. The molecule has 0 aliphatic heterocycles. The Bertz CT molecular complexity index is 843. The van der Waals surface area contributed by atoms with E-state index in [0.29, 0.717) is 16.6 Å². The highest BCUT2D eigenvalue weighted by molar-refractivity contribution is 7.18. The number of hydrogen-bond acceptors (Lipinski definition) is 7. The molecule has 1 amide bonds. The van der Waals surface area contributed by atoms with Gasteiger partial charge in [0.15, 0.2) is 5.13 Å². The van der Waals surface area contributed by atoms with Crippen molar-refractivity contribution in [2.45, 2.75) is 6.92 Å². The zero-order valence-electron chi connectivity index (χ0n) is 12.0. The molecule has 0 aliphatic carbocycles. The number of rotatable bonds is 4. The lowest BCUT2D eigenvalue weighted by Crippen LogP contribution is -2.12. The van der Waals surface area contributed by atoms with E-state index in [4.69, 9.17) is 10.2 Å². The summed E-state index contributed by atoms with van der Waals surface area (Å²) in [4.78, 5) is 20.3. The number of nitrogens with zero attached hydrogens (tertiary/aromatic N) is 2. The lowest BCUT2D eigenvalue weighted by atomic mass is 10.3. The van der Waals surface area contributed by atoms with Crippen molar-refractivity contribution in [1.29, 1.82) is 0 Å². The minimum absolute atomic E-state index is 0.0837. The van der Waals surface area contributed by atoms with Gasteiger partial charge in [-0.2, -0.15) is 0 Å². The molecule has 0 aliphatic rings. The Hall–Kier alpha value is -2.94. The molecule has 9 heteroatoms. The number of amides is 1. The normalized spacial score (nSPS) is 10.5. The molecule has 0 fully saturated rings. The number of oxazole rings is 1. The van der Waals surface area contributed by atoms with Crippen LogP contribution in [0.1, 0.15) is 15.4 Å². The topological polar surface area (TPSA) is 106 Å². The van der Waals surface area contributed by atoms with Crippen LogP contribution in [0, 0.1) is 12.7 Å². The molecule has 0 atom stereocenters. The monoisotopic (exact) mass is 333 g/mol. The fourth-order valence-electron chi connectivity index (χ4n) is 1.77. The molecule has 118 valence electrons. The minimum Gasteiger partial charge on any atom is -0.429 e. The second-order valence-electron chi connectivity index (χ2n) is 4.60. The van der Waals surface area contributed by atoms with Crippen molar-refractivity contribution in [3.05, 3.63) is 46.9 Å². The molecular weight excluding hydrogens is 321 g/mol. The number of carbonyl (C=O) groups excluding carboxylic acids is 1. The van der Waals surface area contributed by atoms with Gasteiger partial charge in [0.05, 0.1) is 6.20 Å². The first kappa shape index (κ1) is 15.0. The summed E-state index contributed by atoms with van der Waals surface area (Å²) in [7, 11) is 0. The fraction of sp³-hybridized carbons (Fsp3) is 0.0714. The predicted octanol–water partition coefficient (Wildman–Crippen LogP) is 3.16. The van der Waals surface area contributed by atoms with Gasteiger partial charge in [0.2, 0.25) is 0 Å². The SMILES string of the molecule is Cc1cnc(NC(=O)c2sc(Nc3ccc(F)cc3)nc2N)o1. The maximum atomic E-state index is 12.9. The maximum absolute atomic E-state index is 12.9. The first-order valence-electron chi connectivity index (χ1n) is 6.54. The lowest BCUT2D eigenvalue weighted by Gasteiger charge is -2.01. The largest absolute Gasteiger partial charge is 0.429 e. The Morgan fingerprint density at radius 1 is 1.35 bits per heavy atom. The molecule has 2 heterocycles. The van der Waals surface area contributed by atoms with Crippen LogP contribution >= 0.6 is 11.3 Å². The molecule has 0 unspecified atom stereocenters. The first-order valence-corrected chi connectivity index (χ1v) is 7.35. The number of thiazole rings is 1. The summed E-state index contributed by atoms with van der Waals surface area (Å²) in [5.41, 5.74) is 6.40. The van der Waals surface area contributed by atoms with Gasteiger partial charge in [-0.3, -0.25) is 10.1 Å². The van der Waals surface area contributed by atoms with Crippen molar-refractivity contribution in [3.8, 4) is 0 Å². The van der Waals surface area contributed by atoms with Crippen molar-refractivity contribution >= 4 is 39.9 Å². The van der Waals surface area contributed by atoms with Gasteiger partial charge in [-0.15, -0.1) is 0 Å². The maximum Gasteiger partial charge on any atom is 0.301 e. The Labute approximate surface area is 134 Å². The highest BCUT2D eigenvalue weighted by Gasteiger charge is 2.18. The van der Waals surface area contributed by atoms with Crippen LogP contribution < -0.4 is 16.4 Å². The van der Waals surface area contributed by atoms with Crippen LogP contribution in [0.15, 0.2) is 34.9 Å². The molecule has 4 N–H and O–H groups in total. The highest BCUT2D eigenvalue weighted by Crippen LogP contribution is 2.28. The van der Waals surface area contributed by atoms with Crippen LogP contribution in [-0.2, 0) is 0 Å². The Kier molecular flexibility index (Phi) is 3.94. The van der Waals surface area contributed by atoms with Crippen LogP contribution in [0.5, 0.6) is 0 Å². The van der Waals surface area contributed by atoms with E-state index in [2.05, 4.69) is 20.6 Å². The summed E-state index contributed by atoms with van der Waals surface area (Å²) in [5.74, 6) is -0.138. The van der Waals surface area contributed by atoms with Crippen LogP contribution in [0.25, 0.3) is 0 Å². The number of nitrogen functional groups attached to an aromatic ring is 1. The van der Waals surface area contributed by atoms with E-state index >= 15 is 0 Å². The van der Waals surface area contributed by atoms with E-state index in [9.17, 15) is 9.18 Å². The van der Waals surface area contributed by atoms with Gasteiger partial charge < -0.3 is 15.5 Å². The molecule has 23 heavy (non-hydrogen) atoms. The number of halogens is 1. The van der Waals surface area contributed by atoms with Crippen LogP contribution in [-0.4, -0.2) is 15.9 Å². The second kappa shape index (κ2) is 6.05. The number of anilines is 4. The number of benzene rings is 1. The molecule has 2 aromatic heterocycles. The number of hydrogen-bond donors (Lipinski definition) is 3. The van der Waals surface area contributed by atoms with Crippen molar-refractivity contribution in [2.75, 3.05) is 16.4 Å². The van der Waals surface area contributed by atoms with E-state index in [-0.39, 0.29) is 22.5 Å². The first-order chi connectivity index (χ1) is 11.0. The molecule has 3 aromatic rings. The van der Waals surface area contributed by atoms with Gasteiger partial charge in [-0.05, 0) is 31.2 Å². The quantitative estimate of drug-likeness (QED) is 0.677. The molecule has 3 rings (SSSR count). The minimum atomic E-state index is -0.464. The van der Waals surface area contributed by atoms with E-state index < -0.39 is 5.91 Å². The molecule has 7 nitrogen and oxygen atoms in total. The third-order valence-electron chi connectivity index (χ3n) is 2.80. The molecule has 1 aromatic carbocycles. The average Bonchev–Trinajstić information content (AvgIpc) is 3.07. The Morgan fingerprint density at radius 2 is 2.09 bits per heavy atom. The van der Waals surface area contributed by atoms with Gasteiger partial charge >= 0.3 is 6.01 Å². The van der Waals surface area contributed by atoms with Gasteiger partial charge in [0, 0.05) is 5.69 Å². The highest BCUT2D eigenvalue weighted by atomic mass is 32.1. The third kappa shape index (κ3) is 3.46. The van der Waals surface area contributed by atoms with Crippen LogP contribution in [0.2, 0.25) is 0 Å². The molecule has 0 saturated heterocycles. The summed E-state index contributed by atoms with van der Waals surface area (Å²) in [5, 5.41) is 5.88. The number of aryl methyl sites for hydroxylation is 1. The van der Waals surface area contributed by atoms with Crippen molar-refractivity contribution in [1.82, 2.24) is 9.97 Å². The van der Waals surface area contributed by atoms with E-state index in [1.807, 2.05) is 0 Å². The number of carbonyl (C=O) groups is 1. The summed E-state index contributed by atoms with van der Waals surface area (Å²) in [6.45, 7) is 1.72. The van der Waals surface area contributed by atoms with Crippen LogP contribution in [0.4, 0.5) is 27.0 Å². The molecule has 0 radical (unpaired) electrons. The van der Waals surface area contributed by atoms with E-state index in [0.717, 1.165) is 11.3 Å². The molecule has 0 bridgehead atoms. The average molecular weight is 333 g/mol. The summed E-state index contributed by atoms with van der Waals surface area (Å²) < 4.78 is 18.1. The number of nitrogens with two attached hydrogens (primary N) is 1. The smallest absolute Gasteiger partial charge is 0.301 e. The second-order valence-corrected chi connectivity index (χ2v) is 5.59. The predicted molar refractivity (Wildman–Crippen MR) is 85.4 cm³/mol. The van der Waals surface area contributed by atoms with Gasteiger partial charge in [-0.1, -0.05) is 11.3 Å². The molecular formula is C14H12FN5O2S. The summed E-state index contributed by atoms with van der Waals surface area (Å²) >= 11 is 1.07. The van der Waals surface area contributed by atoms with E-state index in [1.165, 1.54) is 18.3 Å². The van der Waals surface area contributed by atoms with Crippen molar-refractivity contribution in [3.63, 3.8) is 0 Å². The van der Waals surface area contributed by atoms with Crippen molar-refractivity contribution < 1.29 is 13.6 Å². The number of aromatic nitrogens is 2. The van der Waals surface area contributed by atoms with Gasteiger partial charge in [-0.25, -0.2) is 14.4 Å². The summed E-state index contributed by atoms with van der Waals surface area (Å²) in [6, 6.07) is 5.84. The Morgan fingerprint density at radius 3 is 2.74 bits per heavy atom. The van der Waals surface area contributed by atoms with Gasteiger partial charge in [0.25, 0.3) is 5.91 Å². The lowest BCUT2D eigenvalue weighted by molar-refractivity contribution is 0.102.